The minimum absolute atomic E-state index is 0.0176. The highest BCUT2D eigenvalue weighted by atomic mass is 16.2. The molecule has 1 heterocycles. The summed E-state index contributed by atoms with van der Waals surface area (Å²) in [5.74, 6) is 0.219. The topological polar surface area (TPSA) is 56.1 Å². The van der Waals surface area contributed by atoms with Gasteiger partial charge in [-0.1, -0.05) is 23.8 Å². The van der Waals surface area contributed by atoms with E-state index >= 15 is 0 Å². The van der Waals surface area contributed by atoms with Crippen LogP contribution in [0.25, 0.3) is 0 Å². The van der Waals surface area contributed by atoms with Gasteiger partial charge in [-0.2, -0.15) is 5.26 Å². The number of carbonyl (C=O) groups excluding carboxylic acids is 1. The van der Waals surface area contributed by atoms with Crippen LogP contribution in [0.15, 0.2) is 18.2 Å². The van der Waals surface area contributed by atoms with E-state index in [1.807, 2.05) is 6.92 Å². The molecular formula is C18H25N3O. The molecule has 1 fully saturated rings. The fourth-order valence-corrected chi connectivity index (χ4v) is 3.01. The third-order valence-electron chi connectivity index (χ3n) is 4.42. The first kappa shape index (κ1) is 16.5. The maximum Gasteiger partial charge on any atom is 0.234 e. The summed E-state index contributed by atoms with van der Waals surface area (Å²) in [6.07, 6.45) is 1.74. The molecule has 118 valence electrons. The van der Waals surface area contributed by atoms with Crippen LogP contribution >= 0.6 is 0 Å². The molecule has 22 heavy (non-hydrogen) atoms. The summed E-state index contributed by atoms with van der Waals surface area (Å²) in [5, 5.41) is 12.0. The lowest BCUT2D eigenvalue weighted by atomic mass is 9.98. The zero-order chi connectivity index (χ0) is 16.1. The van der Waals surface area contributed by atoms with Crippen LogP contribution in [0.3, 0.4) is 0 Å². The molecule has 1 aliphatic heterocycles. The van der Waals surface area contributed by atoms with Crippen molar-refractivity contribution in [2.24, 2.45) is 5.92 Å². The Hall–Kier alpha value is -1.86. The fourth-order valence-electron chi connectivity index (χ4n) is 3.01. The molecule has 0 spiro atoms. The van der Waals surface area contributed by atoms with Crippen molar-refractivity contribution in [2.45, 2.75) is 39.7 Å². The van der Waals surface area contributed by atoms with Crippen LogP contribution in [0.5, 0.6) is 0 Å². The smallest absolute Gasteiger partial charge is 0.234 e. The van der Waals surface area contributed by atoms with Crippen molar-refractivity contribution in [3.05, 3.63) is 34.9 Å². The first-order valence-corrected chi connectivity index (χ1v) is 7.98. The van der Waals surface area contributed by atoms with Gasteiger partial charge in [-0.05, 0) is 57.8 Å². The molecule has 4 nitrogen and oxygen atoms in total. The number of amides is 1. The fraction of sp³-hybridized carbons (Fsp3) is 0.556. The number of benzene rings is 1. The van der Waals surface area contributed by atoms with E-state index in [1.165, 1.54) is 16.7 Å². The minimum Gasteiger partial charge on any atom is -0.348 e. The van der Waals surface area contributed by atoms with Crippen molar-refractivity contribution in [3.63, 3.8) is 0 Å². The summed E-state index contributed by atoms with van der Waals surface area (Å²) in [4.78, 5) is 14.4. The molecule has 1 atom stereocenters. The van der Waals surface area contributed by atoms with Crippen LogP contribution < -0.4 is 5.32 Å². The molecular weight excluding hydrogens is 274 g/mol. The second-order valence-electron chi connectivity index (χ2n) is 6.33. The highest BCUT2D eigenvalue weighted by Gasteiger charge is 2.21. The Bertz CT molecular complexity index is 568. The second kappa shape index (κ2) is 7.42. The Morgan fingerprint density at radius 1 is 1.41 bits per heavy atom. The standard InChI is InChI=1S/C18H25N3O/c1-13-4-5-14(2)17(10-13)15(3)20-18(22)12-21-8-6-16(11-19)7-9-21/h4-5,10,15-16H,6-9,12H2,1-3H3,(H,20,22). The van der Waals surface area contributed by atoms with E-state index in [4.69, 9.17) is 5.26 Å². The van der Waals surface area contributed by atoms with Crippen LogP contribution in [-0.4, -0.2) is 30.4 Å². The van der Waals surface area contributed by atoms with E-state index in [0.29, 0.717) is 6.54 Å². The first-order chi connectivity index (χ1) is 10.5. The molecule has 1 saturated heterocycles. The molecule has 0 saturated carbocycles. The van der Waals surface area contributed by atoms with E-state index in [9.17, 15) is 4.79 Å². The number of nitriles is 1. The quantitative estimate of drug-likeness (QED) is 0.930. The van der Waals surface area contributed by atoms with Gasteiger partial charge in [0.1, 0.15) is 0 Å². The molecule has 2 rings (SSSR count). The van der Waals surface area contributed by atoms with Crippen molar-refractivity contribution in [1.29, 1.82) is 5.26 Å². The molecule has 1 aromatic rings. The molecule has 1 aromatic carbocycles. The zero-order valence-corrected chi connectivity index (χ0v) is 13.7. The average Bonchev–Trinajstić information content (AvgIpc) is 2.50. The lowest BCUT2D eigenvalue weighted by molar-refractivity contribution is -0.123. The minimum atomic E-state index is 0.0176. The monoisotopic (exact) mass is 299 g/mol. The third kappa shape index (κ3) is 4.32. The molecule has 0 radical (unpaired) electrons. The Labute approximate surface area is 133 Å². The average molecular weight is 299 g/mol. The van der Waals surface area contributed by atoms with Crippen LogP contribution in [-0.2, 0) is 4.79 Å². The van der Waals surface area contributed by atoms with Crippen LogP contribution in [0.4, 0.5) is 0 Å². The van der Waals surface area contributed by atoms with Crippen molar-refractivity contribution < 1.29 is 4.79 Å². The summed E-state index contributed by atoms with van der Waals surface area (Å²) in [6.45, 7) is 8.27. The molecule has 1 amide bonds. The third-order valence-corrected chi connectivity index (χ3v) is 4.42. The number of likely N-dealkylation sites (tertiary alicyclic amines) is 1. The number of nitrogens with zero attached hydrogens (tertiary/aromatic N) is 2. The summed E-state index contributed by atoms with van der Waals surface area (Å²) in [7, 11) is 0. The molecule has 0 bridgehead atoms. The predicted molar refractivity (Wildman–Crippen MR) is 87.3 cm³/mol. The summed E-state index contributed by atoms with van der Waals surface area (Å²) in [6, 6.07) is 8.66. The van der Waals surface area contributed by atoms with Crippen molar-refractivity contribution in [3.8, 4) is 6.07 Å². The lowest BCUT2D eigenvalue weighted by Gasteiger charge is -2.29. The van der Waals surface area contributed by atoms with Crippen LogP contribution in [0.1, 0.15) is 42.5 Å². The van der Waals surface area contributed by atoms with Crippen LogP contribution in [0.2, 0.25) is 0 Å². The van der Waals surface area contributed by atoms with E-state index in [0.717, 1.165) is 25.9 Å². The van der Waals surface area contributed by atoms with E-state index in [-0.39, 0.29) is 17.9 Å². The van der Waals surface area contributed by atoms with Crippen LogP contribution in [0, 0.1) is 31.1 Å². The lowest BCUT2D eigenvalue weighted by Crippen LogP contribution is -2.42. The molecule has 1 aliphatic rings. The summed E-state index contributed by atoms with van der Waals surface area (Å²) >= 11 is 0. The van der Waals surface area contributed by atoms with Crippen molar-refractivity contribution in [2.75, 3.05) is 19.6 Å². The molecule has 0 aromatic heterocycles. The number of carbonyl (C=O) groups is 1. The molecule has 1 N–H and O–H groups in total. The van der Waals surface area contributed by atoms with Gasteiger partial charge < -0.3 is 5.32 Å². The maximum atomic E-state index is 12.2. The van der Waals surface area contributed by atoms with E-state index < -0.39 is 0 Å². The Morgan fingerprint density at radius 3 is 2.73 bits per heavy atom. The molecule has 0 aliphatic carbocycles. The van der Waals surface area contributed by atoms with Gasteiger partial charge >= 0.3 is 0 Å². The van der Waals surface area contributed by atoms with Gasteiger partial charge in [0.25, 0.3) is 0 Å². The normalized spacial score (nSPS) is 17.7. The number of nitrogens with one attached hydrogen (secondary N) is 1. The number of rotatable bonds is 4. The SMILES string of the molecule is Cc1ccc(C)c(C(C)NC(=O)CN2CCC(C#N)CC2)c1. The highest BCUT2D eigenvalue weighted by Crippen LogP contribution is 2.19. The van der Waals surface area contributed by atoms with E-state index in [1.54, 1.807) is 0 Å². The van der Waals surface area contributed by atoms with Gasteiger partial charge in [0.2, 0.25) is 5.91 Å². The summed E-state index contributed by atoms with van der Waals surface area (Å²) < 4.78 is 0. The van der Waals surface area contributed by atoms with Gasteiger partial charge in [-0.25, -0.2) is 0 Å². The second-order valence-corrected chi connectivity index (χ2v) is 6.33. The Balaban J connectivity index is 1.87. The predicted octanol–water partition coefficient (Wildman–Crippen LogP) is 2.72. The Kier molecular flexibility index (Phi) is 5.57. The van der Waals surface area contributed by atoms with Gasteiger partial charge in [0.15, 0.2) is 0 Å². The molecule has 4 heteroatoms. The summed E-state index contributed by atoms with van der Waals surface area (Å²) in [5.41, 5.74) is 3.59. The van der Waals surface area contributed by atoms with Gasteiger partial charge in [-0.15, -0.1) is 0 Å². The number of aryl methyl sites for hydroxylation is 2. The van der Waals surface area contributed by atoms with E-state index in [2.05, 4.69) is 48.3 Å². The highest BCUT2D eigenvalue weighted by molar-refractivity contribution is 5.78. The maximum absolute atomic E-state index is 12.2. The van der Waals surface area contributed by atoms with Crippen molar-refractivity contribution in [1.82, 2.24) is 10.2 Å². The Morgan fingerprint density at radius 2 is 2.09 bits per heavy atom. The van der Waals surface area contributed by atoms with Crippen molar-refractivity contribution >= 4 is 5.91 Å². The number of piperidine rings is 1. The number of hydrogen-bond donors (Lipinski definition) is 1. The van der Waals surface area contributed by atoms with Gasteiger partial charge in [0.05, 0.1) is 18.7 Å². The molecule has 1 unspecified atom stereocenters. The van der Waals surface area contributed by atoms with Gasteiger partial charge in [0, 0.05) is 5.92 Å². The first-order valence-electron chi connectivity index (χ1n) is 7.98. The number of hydrogen-bond acceptors (Lipinski definition) is 3. The zero-order valence-electron chi connectivity index (χ0n) is 13.7. The van der Waals surface area contributed by atoms with Gasteiger partial charge in [-0.3, -0.25) is 9.69 Å². The largest absolute Gasteiger partial charge is 0.348 e.